The fraction of sp³-hybridized carbons (Fsp3) is 0.174. The van der Waals surface area contributed by atoms with Gasteiger partial charge in [-0.05, 0) is 48.4 Å². The van der Waals surface area contributed by atoms with Crippen molar-refractivity contribution >= 4 is 27.5 Å². The van der Waals surface area contributed by atoms with Crippen molar-refractivity contribution in [2.24, 2.45) is 0 Å². The minimum Gasteiger partial charge on any atom is -0.495 e. The van der Waals surface area contributed by atoms with Crippen LogP contribution in [0.2, 0.25) is 5.02 Å². The van der Waals surface area contributed by atoms with Gasteiger partial charge >= 0.3 is 0 Å². The summed E-state index contributed by atoms with van der Waals surface area (Å²) in [4.78, 5) is 12.6. The molecule has 0 bridgehead atoms. The van der Waals surface area contributed by atoms with Crippen LogP contribution in [0.4, 0.5) is 0 Å². The molecule has 0 spiro atoms. The topological polar surface area (TPSA) is 84.5 Å². The molecule has 0 saturated carbocycles. The average Bonchev–Trinajstić information content (AvgIpc) is 2.78. The van der Waals surface area contributed by atoms with Gasteiger partial charge in [0.05, 0.1) is 13.2 Å². The monoisotopic (exact) mass is 458 g/mol. The number of hydrogen-bond donors (Lipinski definition) is 2. The molecule has 8 heteroatoms. The second-order valence-corrected chi connectivity index (χ2v) is 9.09. The summed E-state index contributed by atoms with van der Waals surface area (Å²) < 4.78 is 33.6. The van der Waals surface area contributed by atoms with Gasteiger partial charge < -0.3 is 10.1 Å². The Bertz CT molecular complexity index is 1150. The van der Waals surface area contributed by atoms with Crippen LogP contribution >= 0.6 is 11.6 Å². The van der Waals surface area contributed by atoms with Crippen molar-refractivity contribution < 1.29 is 17.9 Å². The average molecular weight is 459 g/mol. The van der Waals surface area contributed by atoms with Gasteiger partial charge in [-0.1, -0.05) is 54.1 Å². The number of carbonyl (C=O) groups excluding carboxylic acids is 1. The number of nitrogens with one attached hydrogen (secondary N) is 2. The van der Waals surface area contributed by atoms with Crippen molar-refractivity contribution in [3.05, 3.63) is 94.5 Å². The maximum Gasteiger partial charge on any atom is 0.251 e. The van der Waals surface area contributed by atoms with E-state index >= 15 is 0 Å². The number of carbonyl (C=O) groups is 1. The standard InChI is InChI=1S/C23H23ClN2O4S/c1-16(18-6-4-3-5-7-18)26-23(27)19-10-13-21(30-2)22(14-19)31(28,29)25-15-17-8-11-20(24)12-9-17/h3-14,16,25H,15H2,1-2H3,(H,26,27). The Balaban J connectivity index is 1.80. The first-order valence-corrected chi connectivity index (χ1v) is 11.4. The van der Waals surface area contributed by atoms with Gasteiger partial charge in [0, 0.05) is 17.1 Å². The number of ether oxygens (including phenoxy) is 1. The molecule has 162 valence electrons. The second kappa shape index (κ2) is 9.96. The maximum atomic E-state index is 12.9. The van der Waals surface area contributed by atoms with Gasteiger partial charge in [-0.3, -0.25) is 4.79 Å². The summed E-state index contributed by atoms with van der Waals surface area (Å²) in [6.45, 7) is 1.94. The Kier molecular flexibility index (Phi) is 7.33. The summed E-state index contributed by atoms with van der Waals surface area (Å²) in [6, 6.07) is 20.4. The zero-order chi connectivity index (χ0) is 22.4. The normalized spacial score (nSPS) is 12.2. The fourth-order valence-electron chi connectivity index (χ4n) is 2.99. The van der Waals surface area contributed by atoms with Crippen LogP contribution in [0.1, 0.15) is 34.5 Å². The van der Waals surface area contributed by atoms with Gasteiger partial charge in [-0.2, -0.15) is 0 Å². The number of benzene rings is 3. The third kappa shape index (κ3) is 5.85. The maximum absolute atomic E-state index is 12.9. The fourth-order valence-corrected chi connectivity index (χ4v) is 4.33. The third-order valence-electron chi connectivity index (χ3n) is 4.74. The molecule has 3 aromatic rings. The van der Waals surface area contributed by atoms with Crippen LogP contribution in [0.25, 0.3) is 0 Å². The van der Waals surface area contributed by atoms with Crippen molar-refractivity contribution in [3.63, 3.8) is 0 Å². The lowest BCUT2D eigenvalue weighted by Gasteiger charge is -2.16. The SMILES string of the molecule is COc1ccc(C(=O)NC(C)c2ccccc2)cc1S(=O)(=O)NCc1ccc(Cl)cc1. The highest BCUT2D eigenvalue weighted by molar-refractivity contribution is 7.89. The van der Waals surface area contributed by atoms with E-state index < -0.39 is 10.0 Å². The van der Waals surface area contributed by atoms with E-state index in [2.05, 4.69) is 10.0 Å². The Hall–Kier alpha value is -2.87. The first-order valence-electron chi connectivity index (χ1n) is 9.58. The third-order valence-corrected chi connectivity index (χ3v) is 6.42. The molecule has 1 unspecified atom stereocenters. The lowest BCUT2D eigenvalue weighted by molar-refractivity contribution is 0.0939. The molecule has 1 amide bonds. The molecule has 0 aliphatic rings. The van der Waals surface area contributed by atoms with Crippen LogP contribution in [0, 0.1) is 0 Å². The Morgan fingerprint density at radius 2 is 1.71 bits per heavy atom. The summed E-state index contributed by atoms with van der Waals surface area (Å²) in [5, 5.41) is 3.45. The van der Waals surface area contributed by atoms with Crippen molar-refractivity contribution in [1.82, 2.24) is 10.0 Å². The van der Waals surface area contributed by atoms with E-state index in [0.717, 1.165) is 11.1 Å². The molecule has 31 heavy (non-hydrogen) atoms. The molecular formula is C23H23ClN2O4S. The van der Waals surface area contributed by atoms with E-state index in [1.165, 1.54) is 25.3 Å². The molecule has 2 N–H and O–H groups in total. The van der Waals surface area contributed by atoms with Gasteiger partial charge in [-0.15, -0.1) is 0 Å². The molecule has 0 aromatic heterocycles. The van der Waals surface area contributed by atoms with Crippen LogP contribution in [0.3, 0.4) is 0 Å². The van der Waals surface area contributed by atoms with Crippen LogP contribution in [-0.4, -0.2) is 21.4 Å². The lowest BCUT2D eigenvalue weighted by Crippen LogP contribution is -2.28. The summed E-state index contributed by atoms with van der Waals surface area (Å²) in [5.74, 6) is -0.232. The summed E-state index contributed by atoms with van der Waals surface area (Å²) in [5.41, 5.74) is 1.91. The van der Waals surface area contributed by atoms with Gasteiger partial charge in [0.1, 0.15) is 10.6 Å². The van der Waals surface area contributed by atoms with Gasteiger partial charge in [0.2, 0.25) is 10.0 Å². The highest BCUT2D eigenvalue weighted by atomic mass is 35.5. The van der Waals surface area contributed by atoms with E-state index in [1.807, 2.05) is 37.3 Å². The Morgan fingerprint density at radius 1 is 1.03 bits per heavy atom. The van der Waals surface area contributed by atoms with Crippen molar-refractivity contribution in [2.75, 3.05) is 7.11 Å². The number of halogens is 1. The quantitative estimate of drug-likeness (QED) is 0.526. The number of sulfonamides is 1. The van der Waals surface area contributed by atoms with Crippen LogP contribution in [0.5, 0.6) is 5.75 Å². The zero-order valence-electron chi connectivity index (χ0n) is 17.1. The number of amides is 1. The molecule has 3 rings (SSSR count). The molecule has 0 radical (unpaired) electrons. The predicted molar refractivity (Wildman–Crippen MR) is 121 cm³/mol. The number of hydrogen-bond acceptors (Lipinski definition) is 4. The molecule has 0 heterocycles. The summed E-state index contributed by atoms with van der Waals surface area (Å²) in [6.07, 6.45) is 0. The van der Waals surface area contributed by atoms with E-state index in [4.69, 9.17) is 16.3 Å². The molecule has 0 aliphatic carbocycles. The summed E-state index contributed by atoms with van der Waals surface area (Å²) >= 11 is 5.87. The Morgan fingerprint density at radius 3 is 2.35 bits per heavy atom. The minimum atomic E-state index is -3.94. The van der Waals surface area contributed by atoms with Crippen molar-refractivity contribution in [2.45, 2.75) is 24.4 Å². The molecular weight excluding hydrogens is 436 g/mol. The highest BCUT2D eigenvalue weighted by Crippen LogP contribution is 2.25. The van der Waals surface area contributed by atoms with Crippen molar-refractivity contribution in [1.29, 1.82) is 0 Å². The minimum absolute atomic E-state index is 0.0735. The molecule has 0 fully saturated rings. The van der Waals surface area contributed by atoms with Crippen molar-refractivity contribution in [3.8, 4) is 5.75 Å². The Labute approximate surface area is 187 Å². The molecule has 1 atom stereocenters. The number of methoxy groups -OCH3 is 1. The molecule has 0 aliphatic heterocycles. The molecule has 3 aromatic carbocycles. The molecule has 6 nitrogen and oxygen atoms in total. The summed E-state index contributed by atoms with van der Waals surface area (Å²) in [7, 11) is -2.56. The van der Waals surface area contributed by atoms with Crippen LogP contribution < -0.4 is 14.8 Å². The highest BCUT2D eigenvalue weighted by Gasteiger charge is 2.22. The first kappa shape index (κ1) is 22.8. The van der Waals surface area contributed by atoms with E-state index in [9.17, 15) is 13.2 Å². The van der Waals surface area contributed by atoms with E-state index in [1.54, 1.807) is 24.3 Å². The van der Waals surface area contributed by atoms with Crippen LogP contribution in [0.15, 0.2) is 77.7 Å². The number of rotatable bonds is 8. The van der Waals surface area contributed by atoms with Gasteiger partial charge in [0.25, 0.3) is 5.91 Å². The largest absolute Gasteiger partial charge is 0.495 e. The lowest BCUT2D eigenvalue weighted by atomic mass is 10.1. The van der Waals surface area contributed by atoms with E-state index in [-0.39, 0.29) is 34.7 Å². The van der Waals surface area contributed by atoms with Gasteiger partial charge in [-0.25, -0.2) is 13.1 Å². The van der Waals surface area contributed by atoms with Gasteiger partial charge in [0.15, 0.2) is 0 Å². The zero-order valence-corrected chi connectivity index (χ0v) is 18.7. The smallest absolute Gasteiger partial charge is 0.251 e. The van der Waals surface area contributed by atoms with Crippen LogP contribution in [-0.2, 0) is 16.6 Å². The second-order valence-electron chi connectivity index (χ2n) is 6.92. The first-order chi connectivity index (χ1) is 14.8. The molecule has 0 saturated heterocycles. The van der Waals surface area contributed by atoms with E-state index in [0.29, 0.717) is 5.02 Å². The predicted octanol–water partition coefficient (Wildman–Crippen LogP) is 4.32.